The van der Waals surface area contributed by atoms with Crippen molar-refractivity contribution in [2.45, 2.75) is 24.8 Å². The number of sulfonamides is 1. The molecule has 0 aromatic heterocycles. The molecule has 9 heteroatoms. The van der Waals surface area contributed by atoms with Gasteiger partial charge in [0, 0.05) is 25.7 Å². The van der Waals surface area contributed by atoms with Crippen LogP contribution in [0.4, 0.5) is 10.1 Å². The molecule has 0 aliphatic rings. The number of carbonyl (C=O) groups is 2. The van der Waals surface area contributed by atoms with Crippen LogP contribution in [-0.2, 0) is 10.0 Å². The van der Waals surface area contributed by atoms with E-state index in [1.165, 1.54) is 20.2 Å². The van der Waals surface area contributed by atoms with Crippen molar-refractivity contribution in [3.05, 3.63) is 59.4 Å². The normalized spacial score (nSPS) is 11.5. The monoisotopic (exact) mass is 407 g/mol. The second kappa shape index (κ2) is 8.49. The summed E-state index contributed by atoms with van der Waals surface area (Å²) in [6.07, 6.45) is 0. The average Bonchev–Trinajstić information content (AvgIpc) is 2.61. The Kier molecular flexibility index (Phi) is 6.52. The van der Waals surface area contributed by atoms with Gasteiger partial charge in [-0.15, -0.1) is 0 Å². The van der Waals surface area contributed by atoms with Crippen LogP contribution in [0.25, 0.3) is 0 Å². The number of nitrogens with one attached hydrogen (secondary N) is 2. The smallest absolute Gasteiger partial charge is 0.255 e. The summed E-state index contributed by atoms with van der Waals surface area (Å²) in [6, 6.07) is 9.38. The molecule has 0 saturated carbocycles. The van der Waals surface area contributed by atoms with E-state index in [1.807, 2.05) is 13.8 Å². The second-order valence-corrected chi connectivity index (χ2v) is 8.68. The molecule has 0 unspecified atom stereocenters. The van der Waals surface area contributed by atoms with Gasteiger partial charge in [-0.05, 0) is 44.2 Å². The number of benzene rings is 2. The molecule has 7 nitrogen and oxygen atoms in total. The van der Waals surface area contributed by atoms with E-state index in [0.29, 0.717) is 0 Å². The third kappa shape index (κ3) is 4.73. The zero-order valence-corrected chi connectivity index (χ0v) is 16.8. The van der Waals surface area contributed by atoms with Crippen LogP contribution < -0.4 is 10.6 Å². The van der Waals surface area contributed by atoms with E-state index in [0.717, 1.165) is 16.4 Å². The largest absolute Gasteiger partial charge is 0.350 e. The highest BCUT2D eigenvalue weighted by molar-refractivity contribution is 7.89. The molecule has 0 spiro atoms. The van der Waals surface area contributed by atoms with Crippen molar-refractivity contribution in [3.63, 3.8) is 0 Å². The van der Waals surface area contributed by atoms with E-state index >= 15 is 0 Å². The van der Waals surface area contributed by atoms with Crippen molar-refractivity contribution < 1.29 is 22.4 Å². The lowest BCUT2D eigenvalue weighted by atomic mass is 10.1. The lowest BCUT2D eigenvalue weighted by Crippen LogP contribution is -2.31. The van der Waals surface area contributed by atoms with Crippen LogP contribution in [0.3, 0.4) is 0 Å². The number of rotatable bonds is 6. The first kappa shape index (κ1) is 21.5. The maximum absolute atomic E-state index is 14.0. The van der Waals surface area contributed by atoms with Crippen molar-refractivity contribution in [3.8, 4) is 0 Å². The third-order valence-electron chi connectivity index (χ3n) is 3.79. The summed E-state index contributed by atoms with van der Waals surface area (Å²) in [6.45, 7) is 3.62. The maximum Gasteiger partial charge on any atom is 0.255 e. The summed E-state index contributed by atoms with van der Waals surface area (Å²) in [7, 11) is -1.52. The second-order valence-electron chi connectivity index (χ2n) is 6.56. The minimum Gasteiger partial charge on any atom is -0.350 e. The highest BCUT2D eigenvalue weighted by Gasteiger charge is 2.24. The molecule has 2 aromatic carbocycles. The molecular weight excluding hydrogens is 385 g/mol. The van der Waals surface area contributed by atoms with Crippen LogP contribution in [0.1, 0.15) is 34.6 Å². The summed E-state index contributed by atoms with van der Waals surface area (Å²) in [4.78, 5) is 24.3. The maximum atomic E-state index is 14.0. The molecule has 0 atom stereocenters. The van der Waals surface area contributed by atoms with Gasteiger partial charge in [-0.1, -0.05) is 12.1 Å². The Labute approximate surface area is 163 Å². The van der Waals surface area contributed by atoms with Crippen molar-refractivity contribution in [2.24, 2.45) is 0 Å². The number of hydrogen-bond donors (Lipinski definition) is 2. The number of hydrogen-bond acceptors (Lipinski definition) is 4. The van der Waals surface area contributed by atoms with Gasteiger partial charge in [0.25, 0.3) is 11.8 Å². The first-order valence-electron chi connectivity index (χ1n) is 8.47. The molecule has 0 aliphatic heterocycles. The van der Waals surface area contributed by atoms with Crippen LogP contribution in [0, 0.1) is 5.82 Å². The molecule has 0 radical (unpaired) electrons. The molecule has 28 heavy (non-hydrogen) atoms. The van der Waals surface area contributed by atoms with Gasteiger partial charge in [-0.25, -0.2) is 17.1 Å². The van der Waals surface area contributed by atoms with Crippen molar-refractivity contribution in [2.75, 3.05) is 19.4 Å². The fourth-order valence-corrected chi connectivity index (χ4v) is 3.35. The van der Waals surface area contributed by atoms with Gasteiger partial charge in [0.1, 0.15) is 10.7 Å². The number of halogens is 1. The Hall–Kier alpha value is -2.78. The summed E-state index contributed by atoms with van der Waals surface area (Å²) < 4.78 is 39.3. The molecule has 150 valence electrons. The van der Waals surface area contributed by atoms with E-state index in [2.05, 4.69) is 10.6 Å². The molecule has 2 N–H and O–H groups in total. The third-order valence-corrected chi connectivity index (χ3v) is 5.62. The predicted molar refractivity (Wildman–Crippen MR) is 104 cm³/mol. The summed E-state index contributed by atoms with van der Waals surface area (Å²) in [5, 5.41) is 5.31. The number of anilines is 1. The summed E-state index contributed by atoms with van der Waals surface area (Å²) >= 11 is 0. The van der Waals surface area contributed by atoms with E-state index in [-0.39, 0.29) is 28.8 Å². The summed E-state index contributed by atoms with van der Waals surface area (Å²) in [5.74, 6) is -1.98. The van der Waals surface area contributed by atoms with Gasteiger partial charge in [0.15, 0.2) is 0 Å². The average molecular weight is 407 g/mol. The molecule has 2 amide bonds. The van der Waals surface area contributed by atoms with Crippen LogP contribution in [0.2, 0.25) is 0 Å². The number of amides is 2. The Bertz CT molecular complexity index is 1000. The first-order chi connectivity index (χ1) is 13.0. The molecule has 0 fully saturated rings. The van der Waals surface area contributed by atoms with Crippen molar-refractivity contribution >= 4 is 27.5 Å². The predicted octanol–water partition coefficient (Wildman–Crippen LogP) is 2.47. The number of para-hydroxylation sites is 1. The van der Waals surface area contributed by atoms with Gasteiger partial charge < -0.3 is 10.6 Å². The van der Waals surface area contributed by atoms with E-state index in [4.69, 9.17) is 0 Å². The Morgan fingerprint density at radius 1 is 1.04 bits per heavy atom. The molecule has 0 bridgehead atoms. The van der Waals surface area contributed by atoms with Crippen LogP contribution in [-0.4, -0.2) is 44.7 Å². The zero-order valence-electron chi connectivity index (χ0n) is 16.0. The SMILES string of the molecule is CC(C)NC(=O)c1ccccc1NC(=O)c1ccc(F)c(S(=O)(=O)N(C)C)c1. The molecule has 0 aliphatic carbocycles. The van der Waals surface area contributed by atoms with Gasteiger partial charge in [-0.2, -0.15) is 0 Å². The van der Waals surface area contributed by atoms with Gasteiger partial charge in [-0.3, -0.25) is 9.59 Å². The molecule has 0 heterocycles. The van der Waals surface area contributed by atoms with Gasteiger partial charge >= 0.3 is 0 Å². The van der Waals surface area contributed by atoms with Crippen LogP contribution in [0.15, 0.2) is 47.4 Å². The fraction of sp³-hybridized carbons (Fsp3) is 0.263. The van der Waals surface area contributed by atoms with E-state index in [1.54, 1.807) is 24.3 Å². The standard InChI is InChI=1S/C19H22FN3O4S/c1-12(2)21-19(25)14-7-5-6-8-16(14)22-18(24)13-9-10-15(20)17(11-13)28(26,27)23(3)4/h5-12H,1-4H3,(H,21,25)(H,22,24). The fourth-order valence-electron chi connectivity index (χ4n) is 2.36. The lowest BCUT2D eigenvalue weighted by Gasteiger charge is -2.15. The number of nitrogens with zero attached hydrogens (tertiary/aromatic N) is 1. The number of carbonyl (C=O) groups excluding carboxylic acids is 2. The quantitative estimate of drug-likeness (QED) is 0.769. The highest BCUT2D eigenvalue weighted by atomic mass is 32.2. The van der Waals surface area contributed by atoms with Crippen LogP contribution in [0.5, 0.6) is 0 Å². The lowest BCUT2D eigenvalue weighted by molar-refractivity contribution is 0.0944. The Morgan fingerprint density at radius 2 is 1.68 bits per heavy atom. The minimum atomic E-state index is -4.06. The van der Waals surface area contributed by atoms with Gasteiger partial charge in [0.2, 0.25) is 10.0 Å². The Morgan fingerprint density at radius 3 is 2.29 bits per heavy atom. The highest BCUT2D eigenvalue weighted by Crippen LogP contribution is 2.21. The van der Waals surface area contributed by atoms with E-state index < -0.39 is 26.6 Å². The zero-order chi connectivity index (χ0) is 21.1. The first-order valence-corrected chi connectivity index (χ1v) is 9.91. The van der Waals surface area contributed by atoms with Crippen LogP contribution >= 0.6 is 0 Å². The Balaban J connectivity index is 2.36. The molecule has 2 rings (SSSR count). The van der Waals surface area contributed by atoms with E-state index in [9.17, 15) is 22.4 Å². The molecular formula is C19H22FN3O4S. The summed E-state index contributed by atoms with van der Waals surface area (Å²) in [5.41, 5.74) is 0.459. The topological polar surface area (TPSA) is 95.6 Å². The molecule has 0 saturated heterocycles. The van der Waals surface area contributed by atoms with Crippen molar-refractivity contribution in [1.82, 2.24) is 9.62 Å². The van der Waals surface area contributed by atoms with Gasteiger partial charge in [0.05, 0.1) is 11.3 Å². The molecule has 2 aromatic rings. The van der Waals surface area contributed by atoms with Crippen molar-refractivity contribution in [1.29, 1.82) is 0 Å². The minimum absolute atomic E-state index is 0.0547.